The summed E-state index contributed by atoms with van der Waals surface area (Å²) in [7, 11) is 0. The summed E-state index contributed by atoms with van der Waals surface area (Å²) in [5.41, 5.74) is 0. The van der Waals surface area contributed by atoms with Gasteiger partial charge in [-0.2, -0.15) is 0 Å². The summed E-state index contributed by atoms with van der Waals surface area (Å²) in [5, 5.41) is 0. The van der Waals surface area contributed by atoms with E-state index in [9.17, 15) is 4.79 Å². The SMILES string of the molecule is CCOc1ccc(OCC(=O)N2CCC(Oc3ccccn3)C2)cc1. The molecular weight excluding hydrogens is 320 g/mol. The van der Waals surface area contributed by atoms with Crippen LogP contribution in [0, 0.1) is 0 Å². The van der Waals surface area contributed by atoms with Gasteiger partial charge in [-0.1, -0.05) is 6.07 Å². The zero-order valence-corrected chi connectivity index (χ0v) is 14.3. The van der Waals surface area contributed by atoms with E-state index in [4.69, 9.17) is 14.2 Å². The minimum atomic E-state index is -0.0407. The van der Waals surface area contributed by atoms with Crippen LogP contribution in [-0.4, -0.2) is 48.2 Å². The maximum atomic E-state index is 12.3. The first-order valence-corrected chi connectivity index (χ1v) is 8.45. The summed E-state index contributed by atoms with van der Waals surface area (Å²) >= 11 is 0. The molecule has 6 nitrogen and oxygen atoms in total. The average molecular weight is 342 g/mol. The number of pyridine rings is 1. The molecule has 1 amide bonds. The maximum absolute atomic E-state index is 12.3. The number of amides is 1. The molecule has 2 aromatic rings. The summed E-state index contributed by atoms with van der Waals surface area (Å²) in [5.74, 6) is 1.99. The van der Waals surface area contributed by atoms with E-state index < -0.39 is 0 Å². The Morgan fingerprint density at radius 1 is 1.16 bits per heavy atom. The lowest BCUT2D eigenvalue weighted by molar-refractivity contribution is -0.132. The fourth-order valence-corrected chi connectivity index (χ4v) is 2.67. The van der Waals surface area contributed by atoms with Crippen LogP contribution in [0.25, 0.3) is 0 Å². The van der Waals surface area contributed by atoms with Crippen LogP contribution in [0.2, 0.25) is 0 Å². The van der Waals surface area contributed by atoms with Gasteiger partial charge in [0.25, 0.3) is 5.91 Å². The molecule has 1 aliphatic heterocycles. The van der Waals surface area contributed by atoms with Crippen molar-refractivity contribution in [3.05, 3.63) is 48.7 Å². The largest absolute Gasteiger partial charge is 0.494 e. The van der Waals surface area contributed by atoms with Gasteiger partial charge in [0.15, 0.2) is 6.61 Å². The average Bonchev–Trinajstić information content (AvgIpc) is 3.10. The number of ether oxygens (including phenoxy) is 3. The minimum Gasteiger partial charge on any atom is -0.494 e. The predicted molar refractivity (Wildman–Crippen MR) is 93.0 cm³/mol. The second kappa shape index (κ2) is 8.37. The van der Waals surface area contributed by atoms with E-state index in [1.807, 2.05) is 37.3 Å². The van der Waals surface area contributed by atoms with Gasteiger partial charge < -0.3 is 19.1 Å². The molecule has 1 aliphatic rings. The molecule has 1 aromatic carbocycles. The number of aromatic nitrogens is 1. The third-order valence-electron chi connectivity index (χ3n) is 3.92. The molecule has 1 unspecified atom stereocenters. The zero-order valence-electron chi connectivity index (χ0n) is 14.3. The molecule has 0 aliphatic carbocycles. The summed E-state index contributed by atoms with van der Waals surface area (Å²) < 4.78 is 16.7. The minimum absolute atomic E-state index is 0.0181. The lowest BCUT2D eigenvalue weighted by atomic mass is 10.3. The summed E-state index contributed by atoms with van der Waals surface area (Å²) in [6.45, 7) is 3.80. The van der Waals surface area contributed by atoms with E-state index in [1.54, 1.807) is 23.2 Å². The number of nitrogens with zero attached hydrogens (tertiary/aromatic N) is 2. The van der Waals surface area contributed by atoms with Gasteiger partial charge in [-0.05, 0) is 37.3 Å². The van der Waals surface area contributed by atoms with Crippen LogP contribution in [0.4, 0.5) is 0 Å². The van der Waals surface area contributed by atoms with Crippen LogP contribution >= 0.6 is 0 Å². The smallest absolute Gasteiger partial charge is 0.260 e. The van der Waals surface area contributed by atoms with Crippen molar-refractivity contribution in [2.45, 2.75) is 19.4 Å². The first-order valence-electron chi connectivity index (χ1n) is 8.45. The Balaban J connectivity index is 1.44. The van der Waals surface area contributed by atoms with Gasteiger partial charge in [0, 0.05) is 25.2 Å². The quantitative estimate of drug-likeness (QED) is 0.774. The molecule has 0 N–H and O–H groups in total. The second-order valence-corrected chi connectivity index (χ2v) is 5.73. The molecule has 25 heavy (non-hydrogen) atoms. The molecule has 1 atom stereocenters. The maximum Gasteiger partial charge on any atom is 0.260 e. The highest BCUT2D eigenvalue weighted by molar-refractivity contribution is 5.78. The van der Waals surface area contributed by atoms with Crippen molar-refractivity contribution in [2.75, 3.05) is 26.3 Å². The Morgan fingerprint density at radius 3 is 2.60 bits per heavy atom. The van der Waals surface area contributed by atoms with Gasteiger partial charge in [0.05, 0.1) is 13.2 Å². The number of rotatable bonds is 7. The zero-order chi connectivity index (χ0) is 17.5. The Hall–Kier alpha value is -2.76. The Morgan fingerprint density at radius 2 is 1.92 bits per heavy atom. The summed E-state index contributed by atoms with van der Waals surface area (Å²) in [6, 6.07) is 12.8. The monoisotopic (exact) mass is 342 g/mol. The van der Waals surface area contributed by atoms with Crippen molar-refractivity contribution in [1.82, 2.24) is 9.88 Å². The van der Waals surface area contributed by atoms with Gasteiger partial charge in [-0.3, -0.25) is 4.79 Å². The van der Waals surface area contributed by atoms with Crippen LogP contribution in [0.5, 0.6) is 17.4 Å². The molecular formula is C19H22N2O4. The van der Waals surface area contributed by atoms with E-state index in [-0.39, 0.29) is 18.6 Å². The lowest BCUT2D eigenvalue weighted by Gasteiger charge is -2.17. The first-order chi connectivity index (χ1) is 12.2. The first kappa shape index (κ1) is 17.1. The molecule has 0 bridgehead atoms. The predicted octanol–water partition coefficient (Wildman–Crippen LogP) is 2.54. The van der Waals surface area contributed by atoms with Crippen LogP contribution in [0.3, 0.4) is 0 Å². The van der Waals surface area contributed by atoms with Gasteiger partial charge in [-0.15, -0.1) is 0 Å². The van der Waals surface area contributed by atoms with E-state index >= 15 is 0 Å². The topological polar surface area (TPSA) is 60.9 Å². The molecule has 2 heterocycles. The normalized spacial score (nSPS) is 16.5. The Bertz CT molecular complexity index is 676. The Labute approximate surface area is 147 Å². The fraction of sp³-hybridized carbons (Fsp3) is 0.368. The van der Waals surface area contributed by atoms with E-state index in [0.717, 1.165) is 12.2 Å². The van der Waals surface area contributed by atoms with Crippen LogP contribution < -0.4 is 14.2 Å². The van der Waals surface area contributed by atoms with Gasteiger partial charge in [-0.25, -0.2) is 4.98 Å². The molecule has 6 heteroatoms. The van der Waals surface area contributed by atoms with Gasteiger partial charge in [0.2, 0.25) is 5.88 Å². The van der Waals surface area contributed by atoms with Crippen molar-refractivity contribution in [2.24, 2.45) is 0 Å². The van der Waals surface area contributed by atoms with Crippen molar-refractivity contribution in [3.63, 3.8) is 0 Å². The van der Waals surface area contributed by atoms with E-state index in [2.05, 4.69) is 4.98 Å². The van der Waals surface area contributed by atoms with Crippen molar-refractivity contribution >= 4 is 5.91 Å². The summed E-state index contributed by atoms with van der Waals surface area (Å²) in [4.78, 5) is 18.2. The summed E-state index contributed by atoms with van der Waals surface area (Å²) in [6.07, 6.45) is 2.47. The second-order valence-electron chi connectivity index (χ2n) is 5.73. The molecule has 1 aromatic heterocycles. The molecule has 0 radical (unpaired) electrons. The molecule has 1 fully saturated rings. The number of carbonyl (C=O) groups excluding carboxylic acids is 1. The lowest BCUT2D eigenvalue weighted by Crippen LogP contribution is -2.34. The third-order valence-corrected chi connectivity index (χ3v) is 3.92. The highest BCUT2D eigenvalue weighted by atomic mass is 16.5. The molecule has 0 saturated carbocycles. The van der Waals surface area contributed by atoms with E-state index in [1.165, 1.54) is 0 Å². The van der Waals surface area contributed by atoms with Gasteiger partial charge in [0.1, 0.15) is 17.6 Å². The number of likely N-dealkylation sites (tertiary alicyclic amines) is 1. The van der Waals surface area contributed by atoms with Crippen molar-refractivity contribution in [3.8, 4) is 17.4 Å². The third kappa shape index (κ3) is 4.86. The molecule has 132 valence electrons. The highest BCUT2D eigenvalue weighted by Crippen LogP contribution is 2.19. The number of hydrogen-bond acceptors (Lipinski definition) is 5. The fourth-order valence-electron chi connectivity index (χ4n) is 2.67. The van der Waals surface area contributed by atoms with Crippen LogP contribution in [0.1, 0.15) is 13.3 Å². The van der Waals surface area contributed by atoms with E-state index in [0.29, 0.717) is 31.3 Å². The van der Waals surface area contributed by atoms with Crippen molar-refractivity contribution < 1.29 is 19.0 Å². The van der Waals surface area contributed by atoms with Crippen LogP contribution in [-0.2, 0) is 4.79 Å². The molecule has 3 rings (SSSR count). The van der Waals surface area contributed by atoms with Crippen LogP contribution in [0.15, 0.2) is 48.7 Å². The molecule has 0 spiro atoms. The number of benzene rings is 1. The van der Waals surface area contributed by atoms with Crippen molar-refractivity contribution in [1.29, 1.82) is 0 Å². The highest BCUT2D eigenvalue weighted by Gasteiger charge is 2.28. The number of carbonyl (C=O) groups is 1. The van der Waals surface area contributed by atoms with Gasteiger partial charge >= 0.3 is 0 Å². The standard InChI is InChI=1S/C19H22N2O4/c1-2-23-15-6-8-16(9-7-15)24-14-19(22)21-12-10-17(13-21)25-18-5-3-4-11-20-18/h3-9,11,17H,2,10,12-14H2,1H3. The molecule has 1 saturated heterocycles. The number of hydrogen-bond donors (Lipinski definition) is 0. The Kier molecular flexibility index (Phi) is 5.72.